The van der Waals surface area contributed by atoms with Crippen molar-refractivity contribution in [2.45, 2.75) is 13.8 Å². The average molecular weight is 257 g/mol. The van der Waals surface area contributed by atoms with Gasteiger partial charge in [0, 0.05) is 44.8 Å². The number of hydrogen-bond donors (Lipinski definition) is 0. The molecule has 1 radical (unpaired) electrons. The van der Waals surface area contributed by atoms with Crippen LogP contribution in [0.4, 0.5) is 5.69 Å². The fourth-order valence-electron chi connectivity index (χ4n) is 0.550. The van der Waals surface area contributed by atoms with Crippen LogP contribution in [0.2, 0.25) is 0 Å². The third-order valence-corrected chi connectivity index (χ3v) is 0.967. The first-order valence-electron chi connectivity index (χ1n) is 3.50. The molecule has 0 spiro atoms. The van der Waals surface area contributed by atoms with Crippen molar-refractivity contribution in [3.8, 4) is 0 Å². The Morgan fingerprint density at radius 2 is 1.54 bits per heavy atom. The van der Waals surface area contributed by atoms with Crippen molar-refractivity contribution < 1.29 is 37.6 Å². The van der Waals surface area contributed by atoms with E-state index in [9.17, 15) is 10.1 Å². The summed E-state index contributed by atoms with van der Waals surface area (Å²) in [7, 11) is 0. The standard InChI is InChI=1S/C6H5NO2.C2H6.CH3.Y/c8-7(9)6-4-2-1-3-5-6;1-2;;/h1-5H;1-2H3;1H3;/q;;-1;. The molecule has 4 heteroatoms. The number of para-hydroxylation sites is 1. The van der Waals surface area contributed by atoms with Gasteiger partial charge in [0.05, 0.1) is 4.92 Å². The van der Waals surface area contributed by atoms with Crippen LogP contribution in [0.1, 0.15) is 13.8 Å². The fourth-order valence-corrected chi connectivity index (χ4v) is 0.550. The minimum absolute atomic E-state index is 0. The maximum Gasteiger partial charge on any atom is 0.269 e. The van der Waals surface area contributed by atoms with Crippen LogP contribution < -0.4 is 0 Å². The van der Waals surface area contributed by atoms with Crippen LogP contribution >= 0.6 is 0 Å². The van der Waals surface area contributed by atoms with Crippen LogP contribution in [0.25, 0.3) is 0 Å². The summed E-state index contributed by atoms with van der Waals surface area (Å²) < 4.78 is 0. The zero-order valence-corrected chi connectivity index (χ0v) is 11.1. The number of non-ortho nitro benzene ring substituents is 1. The van der Waals surface area contributed by atoms with Crippen LogP contribution in [0.3, 0.4) is 0 Å². The molecule has 0 aliphatic carbocycles. The Kier molecular flexibility index (Phi) is 16.7. The van der Waals surface area contributed by atoms with Crippen LogP contribution in [-0.4, -0.2) is 4.92 Å². The first-order chi connectivity index (χ1) is 5.30. The molecule has 0 atom stereocenters. The van der Waals surface area contributed by atoms with E-state index in [-0.39, 0.29) is 45.8 Å². The number of nitro benzene ring substituents is 1. The Morgan fingerprint density at radius 3 is 1.77 bits per heavy atom. The normalized spacial score (nSPS) is 6.62. The van der Waals surface area contributed by atoms with Crippen molar-refractivity contribution in [3.63, 3.8) is 0 Å². The summed E-state index contributed by atoms with van der Waals surface area (Å²) in [5.74, 6) is 0. The van der Waals surface area contributed by atoms with Crippen molar-refractivity contribution in [2.75, 3.05) is 0 Å². The van der Waals surface area contributed by atoms with Gasteiger partial charge in [-0.1, -0.05) is 32.0 Å². The van der Waals surface area contributed by atoms with Gasteiger partial charge in [-0.3, -0.25) is 10.1 Å². The van der Waals surface area contributed by atoms with E-state index in [2.05, 4.69) is 0 Å². The monoisotopic (exact) mass is 257 g/mol. The Balaban J connectivity index is -0.000000234. The molecule has 0 aliphatic heterocycles. The van der Waals surface area contributed by atoms with Crippen molar-refractivity contribution in [2.24, 2.45) is 0 Å². The van der Waals surface area contributed by atoms with Gasteiger partial charge >= 0.3 is 0 Å². The molecular weight excluding hydrogens is 243 g/mol. The van der Waals surface area contributed by atoms with Crippen molar-refractivity contribution >= 4 is 5.69 Å². The Hall–Kier alpha value is -0.276. The maximum atomic E-state index is 10.0. The van der Waals surface area contributed by atoms with Crippen LogP contribution in [0, 0.1) is 17.5 Å². The number of nitrogens with zero attached hydrogens (tertiary/aromatic N) is 1. The first kappa shape index (κ1) is 18.5. The minimum Gasteiger partial charge on any atom is -0.358 e. The Bertz CT molecular complexity index is 214. The summed E-state index contributed by atoms with van der Waals surface area (Å²) in [5, 5.41) is 10.0. The zero-order chi connectivity index (χ0) is 8.69. The molecule has 13 heavy (non-hydrogen) atoms. The largest absolute Gasteiger partial charge is 0.358 e. The first-order valence-corrected chi connectivity index (χ1v) is 3.50. The maximum absolute atomic E-state index is 10.0. The predicted molar refractivity (Wildman–Crippen MR) is 50.9 cm³/mol. The molecule has 3 nitrogen and oxygen atoms in total. The van der Waals surface area contributed by atoms with Crippen molar-refractivity contribution in [3.05, 3.63) is 47.9 Å². The molecule has 0 aromatic heterocycles. The second-order valence-corrected chi connectivity index (χ2v) is 1.59. The molecular formula is C9H14NO2Y-. The quantitative estimate of drug-likeness (QED) is 0.441. The summed E-state index contributed by atoms with van der Waals surface area (Å²) in [6.07, 6.45) is 0. The van der Waals surface area contributed by atoms with E-state index in [0.29, 0.717) is 0 Å². The van der Waals surface area contributed by atoms with Crippen LogP contribution in [0.5, 0.6) is 0 Å². The van der Waals surface area contributed by atoms with Gasteiger partial charge in [-0.2, -0.15) is 0 Å². The molecule has 0 unspecified atom stereocenters. The SMILES string of the molecule is CC.O=[N+]([O-])c1ccccc1.[CH3-].[Y]. The molecule has 0 fully saturated rings. The molecule has 0 bridgehead atoms. The zero-order valence-electron chi connectivity index (χ0n) is 8.23. The topological polar surface area (TPSA) is 43.1 Å². The Morgan fingerprint density at radius 1 is 1.15 bits per heavy atom. The van der Waals surface area contributed by atoms with E-state index in [1.54, 1.807) is 18.2 Å². The molecule has 1 aromatic carbocycles. The van der Waals surface area contributed by atoms with Crippen molar-refractivity contribution in [1.82, 2.24) is 0 Å². The summed E-state index contributed by atoms with van der Waals surface area (Å²) in [6, 6.07) is 7.93. The number of hydrogen-bond acceptors (Lipinski definition) is 2. The summed E-state index contributed by atoms with van der Waals surface area (Å²) in [5.41, 5.74) is 0.137. The molecule has 0 aliphatic rings. The van der Waals surface area contributed by atoms with E-state index in [0.717, 1.165) is 0 Å². The fraction of sp³-hybridized carbons (Fsp3) is 0.222. The van der Waals surface area contributed by atoms with Gasteiger partial charge in [0.2, 0.25) is 0 Å². The number of rotatable bonds is 1. The van der Waals surface area contributed by atoms with Gasteiger partial charge in [-0.25, -0.2) is 0 Å². The van der Waals surface area contributed by atoms with E-state index < -0.39 is 4.92 Å². The van der Waals surface area contributed by atoms with Gasteiger partial charge in [-0.15, -0.1) is 0 Å². The van der Waals surface area contributed by atoms with Crippen molar-refractivity contribution in [1.29, 1.82) is 0 Å². The number of nitro groups is 1. The van der Waals surface area contributed by atoms with E-state index >= 15 is 0 Å². The van der Waals surface area contributed by atoms with Gasteiger partial charge in [-0.05, 0) is 0 Å². The molecule has 0 saturated carbocycles. The molecule has 0 amide bonds. The number of benzene rings is 1. The third-order valence-electron chi connectivity index (χ3n) is 0.967. The van der Waals surface area contributed by atoms with Gasteiger partial charge < -0.3 is 7.43 Å². The second-order valence-electron chi connectivity index (χ2n) is 1.59. The minimum atomic E-state index is -0.417. The van der Waals surface area contributed by atoms with E-state index in [1.165, 1.54) is 12.1 Å². The summed E-state index contributed by atoms with van der Waals surface area (Å²) in [4.78, 5) is 9.59. The molecule has 71 valence electrons. The smallest absolute Gasteiger partial charge is 0.269 e. The molecule has 0 N–H and O–H groups in total. The van der Waals surface area contributed by atoms with E-state index in [1.807, 2.05) is 13.8 Å². The molecule has 1 aromatic rings. The molecule has 1 rings (SSSR count). The third kappa shape index (κ3) is 8.07. The summed E-state index contributed by atoms with van der Waals surface area (Å²) in [6.45, 7) is 4.00. The Labute approximate surface area is 105 Å². The van der Waals surface area contributed by atoms with Gasteiger partial charge in [0.1, 0.15) is 0 Å². The molecule has 0 heterocycles. The van der Waals surface area contributed by atoms with E-state index in [4.69, 9.17) is 0 Å². The average Bonchev–Trinajstić information content (AvgIpc) is 2.10. The van der Waals surface area contributed by atoms with Gasteiger partial charge in [0.15, 0.2) is 0 Å². The van der Waals surface area contributed by atoms with Crippen LogP contribution in [-0.2, 0) is 32.7 Å². The summed E-state index contributed by atoms with van der Waals surface area (Å²) >= 11 is 0. The predicted octanol–water partition coefficient (Wildman–Crippen LogP) is 3.07. The van der Waals surface area contributed by atoms with Crippen LogP contribution in [0.15, 0.2) is 30.3 Å². The molecule has 0 saturated heterocycles. The second kappa shape index (κ2) is 11.7. The van der Waals surface area contributed by atoms with Gasteiger partial charge in [0.25, 0.3) is 5.69 Å².